The van der Waals surface area contributed by atoms with E-state index < -0.39 is 17.3 Å². The second-order valence-corrected chi connectivity index (χ2v) is 7.40. The summed E-state index contributed by atoms with van der Waals surface area (Å²) < 4.78 is 43.8. The van der Waals surface area contributed by atoms with Crippen LogP contribution >= 0.6 is 12.2 Å². The first kappa shape index (κ1) is 19.3. The normalized spacial score (nSPS) is 20.7. The third kappa shape index (κ3) is 3.53. The molecule has 2 heterocycles. The fraction of sp³-hybridized carbons (Fsp3) is 0.316. The van der Waals surface area contributed by atoms with Gasteiger partial charge in [0, 0.05) is 29.6 Å². The predicted octanol–water partition coefficient (Wildman–Crippen LogP) is 2.34. The second-order valence-electron chi connectivity index (χ2n) is 7.00. The molecular formula is C19H16F3N5OS. The molecule has 0 saturated heterocycles. The van der Waals surface area contributed by atoms with Crippen molar-refractivity contribution in [3.8, 4) is 11.8 Å². The smallest absolute Gasteiger partial charge is 0.379 e. The van der Waals surface area contributed by atoms with E-state index in [1.165, 1.54) is 35.2 Å². The Morgan fingerprint density at radius 1 is 1.38 bits per heavy atom. The van der Waals surface area contributed by atoms with Gasteiger partial charge >= 0.3 is 6.18 Å². The SMILES string of the molecule is Nc1nccn(Cc2ccc3c(c2)NC(=S)N[C@]3(C#CC2CC2)C(F)(F)F)c1=O. The van der Waals surface area contributed by atoms with Gasteiger partial charge in [0.05, 0.1) is 6.54 Å². The average molecular weight is 419 g/mol. The van der Waals surface area contributed by atoms with E-state index in [2.05, 4.69) is 27.5 Å². The summed E-state index contributed by atoms with van der Waals surface area (Å²) in [6.45, 7) is 0.119. The van der Waals surface area contributed by atoms with Crippen molar-refractivity contribution in [2.45, 2.75) is 31.1 Å². The highest BCUT2D eigenvalue weighted by Crippen LogP contribution is 2.44. The number of aromatic nitrogens is 2. The minimum Gasteiger partial charge on any atom is -0.379 e. The number of nitrogens with two attached hydrogens (primary N) is 1. The number of rotatable bonds is 2. The molecule has 0 amide bonds. The lowest BCUT2D eigenvalue weighted by atomic mass is 9.85. The van der Waals surface area contributed by atoms with Gasteiger partial charge in [-0.2, -0.15) is 13.2 Å². The number of hydrogen-bond donors (Lipinski definition) is 3. The van der Waals surface area contributed by atoms with Crippen molar-refractivity contribution in [1.29, 1.82) is 0 Å². The number of nitrogens with one attached hydrogen (secondary N) is 2. The molecule has 150 valence electrons. The largest absolute Gasteiger partial charge is 0.427 e. The first-order valence-electron chi connectivity index (χ1n) is 8.82. The third-order valence-electron chi connectivity index (χ3n) is 4.80. The Bertz CT molecular complexity index is 1110. The maximum Gasteiger partial charge on any atom is 0.427 e. The summed E-state index contributed by atoms with van der Waals surface area (Å²) in [4.78, 5) is 15.8. The fourth-order valence-electron chi connectivity index (χ4n) is 3.13. The summed E-state index contributed by atoms with van der Waals surface area (Å²) in [5, 5.41) is 4.94. The van der Waals surface area contributed by atoms with Gasteiger partial charge in [0.2, 0.25) is 5.54 Å². The molecule has 1 aliphatic carbocycles. The molecule has 1 aromatic carbocycles. The lowest BCUT2D eigenvalue weighted by Gasteiger charge is -2.38. The maximum absolute atomic E-state index is 14.1. The molecule has 1 fully saturated rings. The molecule has 0 radical (unpaired) electrons. The van der Waals surface area contributed by atoms with Gasteiger partial charge < -0.3 is 20.9 Å². The van der Waals surface area contributed by atoms with Crippen LogP contribution in [0.4, 0.5) is 24.7 Å². The lowest BCUT2D eigenvalue weighted by Crippen LogP contribution is -2.59. The summed E-state index contributed by atoms with van der Waals surface area (Å²) in [5.41, 5.74) is 3.21. The lowest BCUT2D eigenvalue weighted by molar-refractivity contribution is -0.177. The Labute approximate surface area is 169 Å². The van der Waals surface area contributed by atoms with Gasteiger partial charge in [-0.25, -0.2) is 4.98 Å². The van der Waals surface area contributed by atoms with E-state index in [1.807, 2.05) is 0 Å². The number of benzene rings is 1. The van der Waals surface area contributed by atoms with E-state index in [-0.39, 0.29) is 34.6 Å². The number of nitrogens with zero attached hydrogens (tertiary/aromatic N) is 2. The summed E-state index contributed by atoms with van der Waals surface area (Å²) in [5.74, 6) is 4.97. The van der Waals surface area contributed by atoms with Gasteiger partial charge in [-0.15, -0.1) is 0 Å². The summed E-state index contributed by atoms with van der Waals surface area (Å²) in [6, 6.07) is 4.42. The quantitative estimate of drug-likeness (QED) is 0.512. The molecule has 4 N–H and O–H groups in total. The minimum absolute atomic E-state index is 0.00812. The molecule has 2 aliphatic rings. The van der Waals surface area contributed by atoms with Crippen molar-refractivity contribution < 1.29 is 13.2 Å². The molecule has 29 heavy (non-hydrogen) atoms. The molecular weight excluding hydrogens is 403 g/mol. The Kier molecular flexibility index (Phi) is 4.50. The standard InChI is InChI=1S/C19H16F3N5OS/c20-19(21,22)18(6-5-11-1-2-11)13-4-3-12(9-14(13)25-17(29)26-18)10-27-8-7-24-15(23)16(27)28/h3-4,7-9,11H,1-2,10H2,(H2,23,24)(H2,25,26,29)/t18-/m0/s1. The van der Waals surface area contributed by atoms with Crippen LogP contribution in [0.5, 0.6) is 0 Å². The van der Waals surface area contributed by atoms with Crippen LogP contribution in [0.2, 0.25) is 0 Å². The number of hydrogen-bond acceptors (Lipinski definition) is 4. The Morgan fingerprint density at radius 3 is 2.83 bits per heavy atom. The Hall–Kier alpha value is -3.06. The van der Waals surface area contributed by atoms with E-state index in [9.17, 15) is 18.0 Å². The van der Waals surface area contributed by atoms with E-state index in [0.29, 0.717) is 5.56 Å². The van der Waals surface area contributed by atoms with Gasteiger partial charge in [-0.3, -0.25) is 4.79 Å². The highest BCUT2D eigenvalue weighted by atomic mass is 32.1. The molecule has 0 unspecified atom stereocenters. The topological polar surface area (TPSA) is 85.0 Å². The van der Waals surface area contributed by atoms with Crippen molar-refractivity contribution in [1.82, 2.24) is 14.9 Å². The van der Waals surface area contributed by atoms with E-state index in [1.54, 1.807) is 0 Å². The second kappa shape index (κ2) is 6.77. The monoisotopic (exact) mass is 419 g/mol. The van der Waals surface area contributed by atoms with Crippen molar-refractivity contribution in [2.75, 3.05) is 11.1 Å². The zero-order chi connectivity index (χ0) is 20.8. The van der Waals surface area contributed by atoms with Crippen LogP contribution in [-0.4, -0.2) is 20.8 Å². The van der Waals surface area contributed by atoms with E-state index >= 15 is 0 Å². The molecule has 4 rings (SSSR count). The summed E-state index contributed by atoms with van der Waals surface area (Å²) >= 11 is 5.04. The number of alkyl halides is 3. The summed E-state index contributed by atoms with van der Waals surface area (Å²) in [7, 11) is 0. The first-order valence-corrected chi connectivity index (χ1v) is 9.23. The van der Waals surface area contributed by atoms with Crippen molar-refractivity contribution >= 4 is 28.8 Å². The third-order valence-corrected chi connectivity index (χ3v) is 5.00. The first-order chi connectivity index (χ1) is 13.7. The number of fused-ring (bicyclic) bond motifs is 1. The molecule has 10 heteroatoms. The van der Waals surface area contributed by atoms with Gasteiger partial charge in [0.25, 0.3) is 5.56 Å². The number of halogens is 3. The van der Waals surface area contributed by atoms with Crippen LogP contribution in [0.1, 0.15) is 24.0 Å². The Balaban J connectivity index is 1.78. The van der Waals surface area contributed by atoms with Crippen LogP contribution in [0, 0.1) is 17.8 Å². The van der Waals surface area contributed by atoms with Crippen LogP contribution in [0.3, 0.4) is 0 Å². The molecule has 1 atom stereocenters. The van der Waals surface area contributed by atoms with Gasteiger partial charge in [-0.1, -0.05) is 24.0 Å². The zero-order valence-corrected chi connectivity index (χ0v) is 15.8. The van der Waals surface area contributed by atoms with Gasteiger partial charge in [-0.05, 0) is 36.7 Å². The van der Waals surface area contributed by atoms with Crippen LogP contribution < -0.4 is 21.9 Å². The minimum atomic E-state index is -4.69. The zero-order valence-electron chi connectivity index (χ0n) is 15.0. The number of anilines is 2. The molecule has 1 saturated carbocycles. The summed E-state index contributed by atoms with van der Waals surface area (Å²) in [6.07, 6.45) is -0.236. The molecule has 1 aromatic heterocycles. The molecule has 6 nitrogen and oxygen atoms in total. The van der Waals surface area contributed by atoms with E-state index in [0.717, 1.165) is 12.8 Å². The number of thiocarbonyl (C=S) groups is 1. The van der Waals surface area contributed by atoms with Crippen LogP contribution in [-0.2, 0) is 12.1 Å². The van der Waals surface area contributed by atoms with Gasteiger partial charge in [0.15, 0.2) is 10.9 Å². The Morgan fingerprint density at radius 2 is 2.14 bits per heavy atom. The predicted molar refractivity (Wildman–Crippen MR) is 106 cm³/mol. The number of nitrogen functional groups attached to an aromatic ring is 1. The van der Waals surface area contributed by atoms with Crippen molar-refractivity contribution in [3.63, 3.8) is 0 Å². The van der Waals surface area contributed by atoms with Crippen LogP contribution in [0.25, 0.3) is 0 Å². The molecule has 1 aliphatic heterocycles. The molecule has 0 bridgehead atoms. The van der Waals surface area contributed by atoms with Crippen molar-refractivity contribution in [3.05, 3.63) is 52.1 Å². The van der Waals surface area contributed by atoms with Gasteiger partial charge in [0.1, 0.15) is 0 Å². The maximum atomic E-state index is 14.1. The molecule has 2 aromatic rings. The van der Waals surface area contributed by atoms with E-state index in [4.69, 9.17) is 18.0 Å². The fourth-order valence-corrected chi connectivity index (χ4v) is 3.39. The highest BCUT2D eigenvalue weighted by molar-refractivity contribution is 7.80. The van der Waals surface area contributed by atoms with Crippen molar-refractivity contribution in [2.24, 2.45) is 5.92 Å². The average Bonchev–Trinajstić information content (AvgIpc) is 3.46. The van der Waals surface area contributed by atoms with Crippen LogP contribution in [0.15, 0.2) is 35.4 Å². The molecule has 0 spiro atoms. The highest BCUT2D eigenvalue weighted by Gasteiger charge is 2.58.